The van der Waals surface area contributed by atoms with Crippen LogP contribution in [0, 0.1) is 0 Å². The summed E-state index contributed by atoms with van der Waals surface area (Å²) in [4.78, 5) is 15.5. The standard InChI is InChI=1S/C27H36ClNO5/c1-17-15-27-10-6-11-29(27)12-7-18-13-20-21(33-16-32-20)14-19(18)22(27)23(17)34-24(30)26(4,31)9-5-8-25(2,3)28/h13-15,22-23,31H,5-12,16H2,1-4H3/t22-,23?,26?,27?/m1/s1. The van der Waals surface area contributed by atoms with Crippen molar-refractivity contribution in [2.45, 2.75) is 94.3 Å². The number of carbonyl (C=O) groups excluding carboxylic acids is 1. The van der Waals surface area contributed by atoms with Crippen LogP contribution in [0.3, 0.4) is 0 Å². The lowest BCUT2D eigenvalue weighted by molar-refractivity contribution is -0.169. The van der Waals surface area contributed by atoms with E-state index in [1.54, 1.807) is 6.92 Å². The number of esters is 1. The number of aliphatic hydroxyl groups is 1. The molecule has 1 N–H and O–H groups in total. The van der Waals surface area contributed by atoms with Crippen molar-refractivity contribution in [1.29, 1.82) is 0 Å². The fraction of sp³-hybridized carbons (Fsp3) is 0.667. The lowest BCUT2D eigenvalue weighted by atomic mass is 9.77. The Morgan fingerprint density at radius 3 is 2.71 bits per heavy atom. The van der Waals surface area contributed by atoms with Crippen molar-refractivity contribution in [2.75, 3.05) is 19.9 Å². The van der Waals surface area contributed by atoms with Crippen molar-refractivity contribution in [3.05, 3.63) is 34.9 Å². The van der Waals surface area contributed by atoms with Gasteiger partial charge in [0.2, 0.25) is 6.79 Å². The average Bonchev–Trinajstić information content (AvgIpc) is 3.41. The number of hydrogen-bond donors (Lipinski definition) is 1. The van der Waals surface area contributed by atoms with E-state index in [4.69, 9.17) is 25.8 Å². The molecule has 1 fully saturated rings. The van der Waals surface area contributed by atoms with E-state index >= 15 is 0 Å². The molecule has 6 nitrogen and oxygen atoms in total. The molecular weight excluding hydrogens is 454 g/mol. The van der Waals surface area contributed by atoms with Gasteiger partial charge < -0.3 is 19.3 Å². The summed E-state index contributed by atoms with van der Waals surface area (Å²) in [5, 5.41) is 11.0. The molecule has 0 amide bonds. The first-order chi connectivity index (χ1) is 16.0. The highest BCUT2D eigenvalue weighted by Gasteiger charge is 2.57. The zero-order valence-corrected chi connectivity index (χ0v) is 21.4. The summed E-state index contributed by atoms with van der Waals surface area (Å²) in [7, 11) is 0. The molecule has 1 saturated heterocycles. The molecule has 5 rings (SSSR count). The summed E-state index contributed by atoms with van der Waals surface area (Å²) in [5.74, 6) is 0.941. The summed E-state index contributed by atoms with van der Waals surface area (Å²) in [6, 6.07) is 4.20. The largest absolute Gasteiger partial charge is 0.455 e. The van der Waals surface area contributed by atoms with E-state index in [1.165, 1.54) is 11.1 Å². The van der Waals surface area contributed by atoms with Crippen LogP contribution in [-0.4, -0.2) is 58.0 Å². The number of nitrogens with zero attached hydrogens (tertiary/aromatic N) is 1. The van der Waals surface area contributed by atoms with Crippen LogP contribution in [0.2, 0.25) is 0 Å². The van der Waals surface area contributed by atoms with E-state index in [1.807, 2.05) is 13.8 Å². The van der Waals surface area contributed by atoms with Crippen molar-refractivity contribution >= 4 is 17.6 Å². The van der Waals surface area contributed by atoms with Crippen LogP contribution in [0.25, 0.3) is 0 Å². The molecule has 1 aromatic rings. The minimum atomic E-state index is -1.56. The van der Waals surface area contributed by atoms with E-state index in [2.05, 4.69) is 30.0 Å². The van der Waals surface area contributed by atoms with Crippen molar-refractivity contribution in [1.82, 2.24) is 4.90 Å². The van der Waals surface area contributed by atoms with Crippen molar-refractivity contribution < 1.29 is 24.1 Å². The molecule has 7 heteroatoms. The molecule has 4 atom stereocenters. The Hall–Kier alpha value is -1.76. The quantitative estimate of drug-likeness (QED) is 0.355. The third-order valence-corrected chi connectivity index (χ3v) is 8.28. The Morgan fingerprint density at radius 1 is 1.24 bits per heavy atom. The first kappa shape index (κ1) is 24.0. The predicted octanol–water partition coefficient (Wildman–Crippen LogP) is 4.70. The van der Waals surface area contributed by atoms with Crippen molar-refractivity contribution in [3.63, 3.8) is 0 Å². The van der Waals surface area contributed by atoms with Gasteiger partial charge in [-0.15, -0.1) is 11.6 Å². The zero-order chi connectivity index (χ0) is 24.3. The summed E-state index contributed by atoms with van der Waals surface area (Å²) in [5.41, 5.74) is 1.71. The Kier molecular flexibility index (Phi) is 5.93. The van der Waals surface area contributed by atoms with Crippen LogP contribution in [0.4, 0.5) is 0 Å². The second-order valence-electron chi connectivity index (χ2n) is 11.3. The number of rotatable bonds is 6. The minimum Gasteiger partial charge on any atom is -0.455 e. The highest BCUT2D eigenvalue weighted by molar-refractivity contribution is 6.23. The first-order valence-electron chi connectivity index (χ1n) is 12.5. The molecule has 3 heterocycles. The number of carbonyl (C=O) groups is 1. The topological polar surface area (TPSA) is 68.2 Å². The Morgan fingerprint density at radius 2 is 1.97 bits per heavy atom. The van der Waals surface area contributed by atoms with Crippen LogP contribution in [0.5, 0.6) is 11.5 Å². The molecule has 1 spiro atoms. The fourth-order valence-electron chi connectivity index (χ4n) is 6.40. The number of halogens is 1. The SMILES string of the molecule is CC1=CC23CCCN2CCc2cc4c(cc2[C@@H]3C1OC(=O)C(C)(O)CCCC(C)(C)Cl)OCO4. The maximum absolute atomic E-state index is 13.3. The van der Waals surface area contributed by atoms with E-state index < -0.39 is 17.7 Å². The summed E-state index contributed by atoms with van der Waals surface area (Å²) < 4.78 is 17.6. The zero-order valence-electron chi connectivity index (χ0n) is 20.7. The predicted molar refractivity (Wildman–Crippen MR) is 131 cm³/mol. The molecule has 186 valence electrons. The van der Waals surface area contributed by atoms with Crippen LogP contribution in [-0.2, 0) is 16.0 Å². The average molecular weight is 490 g/mol. The Labute approximate surface area is 207 Å². The van der Waals surface area contributed by atoms with Gasteiger partial charge in [-0.3, -0.25) is 4.90 Å². The van der Waals surface area contributed by atoms with Gasteiger partial charge in [0.1, 0.15) is 6.10 Å². The van der Waals surface area contributed by atoms with Crippen LogP contribution >= 0.6 is 11.6 Å². The van der Waals surface area contributed by atoms with E-state index in [0.717, 1.165) is 49.4 Å². The molecule has 1 aromatic carbocycles. The van der Waals surface area contributed by atoms with Gasteiger partial charge in [-0.2, -0.15) is 0 Å². The molecule has 3 unspecified atom stereocenters. The number of alkyl halides is 1. The van der Waals surface area contributed by atoms with Gasteiger partial charge in [0.25, 0.3) is 0 Å². The van der Waals surface area contributed by atoms with Crippen LogP contribution in [0.15, 0.2) is 23.8 Å². The maximum Gasteiger partial charge on any atom is 0.338 e. The Balaban J connectivity index is 1.45. The maximum atomic E-state index is 13.3. The van der Waals surface area contributed by atoms with Gasteiger partial charge in [0.15, 0.2) is 17.1 Å². The molecule has 0 saturated carbocycles. The number of benzene rings is 1. The van der Waals surface area contributed by atoms with E-state index in [0.29, 0.717) is 19.3 Å². The third-order valence-electron chi connectivity index (χ3n) is 8.09. The first-order valence-corrected chi connectivity index (χ1v) is 12.9. The summed E-state index contributed by atoms with van der Waals surface area (Å²) in [6.45, 7) is 9.72. The van der Waals surface area contributed by atoms with Crippen LogP contribution < -0.4 is 9.47 Å². The number of hydrogen-bond acceptors (Lipinski definition) is 6. The Bertz CT molecular complexity index is 1010. The lowest BCUT2D eigenvalue weighted by Crippen LogP contribution is -2.48. The monoisotopic (exact) mass is 489 g/mol. The molecule has 4 aliphatic rings. The number of fused-ring (bicyclic) bond motifs is 3. The highest BCUT2D eigenvalue weighted by Crippen LogP contribution is 2.55. The van der Waals surface area contributed by atoms with Gasteiger partial charge >= 0.3 is 5.97 Å². The molecule has 34 heavy (non-hydrogen) atoms. The fourth-order valence-corrected chi connectivity index (χ4v) is 6.53. The molecule has 3 aliphatic heterocycles. The van der Waals surface area contributed by atoms with Crippen molar-refractivity contribution in [2.24, 2.45) is 0 Å². The minimum absolute atomic E-state index is 0.0384. The highest BCUT2D eigenvalue weighted by atomic mass is 35.5. The third kappa shape index (κ3) is 4.12. The molecular formula is C27H36ClNO5. The van der Waals surface area contributed by atoms with Crippen LogP contribution in [0.1, 0.15) is 76.8 Å². The van der Waals surface area contributed by atoms with E-state index in [9.17, 15) is 9.90 Å². The molecule has 0 radical (unpaired) electrons. The van der Waals surface area contributed by atoms with Crippen molar-refractivity contribution in [3.8, 4) is 11.5 Å². The van der Waals surface area contributed by atoms with Gasteiger partial charge in [0.05, 0.1) is 5.54 Å². The normalized spacial score (nSPS) is 29.5. The van der Waals surface area contributed by atoms with Gasteiger partial charge in [-0.05, 0) is 102 Å². The number of ether oxygens (including phenoxy) is 3. The van der Waals surface area contributed by atoms with Gasteiger partial charge in [-0.25, -0.2) is 4.79 Å². The summed E-state index contributed by atoms with van der Waals surface area (Å²) >= 11 is 6.30. The smallest absolute Gasteiger partial charge is 0.338 e. The van der Waals surface area contributed by atoms with Gasteiger partial charge in [-0.1, -0.05) is 6.08 Å². The molecule has 0 aromatic heterocycles. The molecule has 0 bridgehead atoms. The molecule has 1 aliphatic carbocycles. The second-order valence-corrected chi connectivity index (χ2v) is 12.3. The lowest BCUT2D eigenvalue weighted by Gasteiger charge is -2.40. The van der Waals surface area contributed by atoms with Gasteiger partial charge in [0, 0.05) is 17.3 Å². The second kappa shape index (κ2) is 8.42. The summed E-state index contributed by atoms with van der Waals surface area (Å²) in [6.07, 6.45) is 6.63. The van der Waals surface area contributed by atoms with E-state index in [-0.39, 0.29) is 23.1 Å².